The highest BCUT2D eigenvalue weighted by Gasteiger charge is 2.28. The summed E-state index contributed by atoms with van der Waals surface area (Å²) in [6.07, 6.45) is 0. The number of carboxylic acid groups (broad SMARTS) is 1. The Morgan fingerprint density at radius 3 is 2.48 bits per heavy atom. The molecule has 110 valence electrons. The maximum atomic E-state index is 12.3. The minimum Gasteiger partial charge on any atom is -0.476 e. The zero-order chi connectivity index (χ0) is 15.6. The first-order valence-electron chi connectivity index (χ1n) is 6.09. The van der Waals surface area contributed by atoms with Gasteiger partial charge in [-0.1, -0.05) is 53.3 Å². The number of hydrogen-bond donors (Lipinski definition) is 2. The van der Waals surface area contributed by atoms with Crippen molar-refractivity contribution in [3.05, 3.63) is 50.9 Å². The zero-order valence-corrected chi connectivity index (χ0v) is 13.0. The number of aromatic carboxylic acids is 1. The van der Waals surface area contributed by atoms with E-state index in [1.54, 1.807) is 0 Å². The molecule has 0 bridgehead atoms. The van der Waals surface area contributed by atoms with Crippen molar-refractivity contribution >= 4 is 34.8 Å². The van der Waals surface area contributed by atoms with E-state index in [9.17, 15) is 9.59 Å². The quantitative estimate of drug-likeness (QED) is 0.905. The number of thiazole rings is 1. The number of carboxylic acids is 1. The molecule has 0 spiro atoms. The first kappa shape index (κ1) is 15.5. The number of nitrogens with zero attached hydrogens (tertiary/aromatic N) is 1. The van der Waals surface area contributed by atoms with Crippen LogP contribution in [0.3, 0.4) is 0 Å². The molecule has 0 unspecified atom stereocenters. The Kier molecular flexibility index (Phi) is 4.29. The fourth-order valence-corrected chi connectivity index (χ4v) is 2.86. The van der Waals surface area contributed by atoms with Crippen molar-refractivity contribution in [3.63, 3.8) is 0 Å². The number of amides is 1. The van der Waals surface area contributed by atoms with Crippen molar-refractivity contribution in [1.82, 2.24) is 10.3 Å². The van der Waals surface area contributed by atoms with E-state index in [2.05, 4.69) is 10.3 Å². The molecule has 0 saturated heterocycles. The second-order valence-corrected chi connectivity index (χ2v) is 6.48. The van der Waals surface area contributed by atoms with E-state index in [1.807, 2.05) is 44.2 Å². The Bertz CT molecular complexity index is 683. The van der Waals surface area contributed by atoms with Crippen LogP contribution in [0.25, 0.3) is 0 Å². The number of carbonyl (C=O) groups is 2. The fraction of sp³-hybridized carbons (Fsp3) is 0.214. The molecule has 1 amide bonds. The molecular weight excluding hydrogens is 312 g/mol. The average Bonchev–Trinajstić information content (AvgIpc) is 2.82. The first-order chi connectivity index (χ1) is 9.81. The highest BCUT2D eigenvalue weighted by atomic mass is 35.5. The van der Waals surface area contributed by atoms with Gasteiger partial charge in [-0.25, -0.2) is 9.78 Å². The van der Waals surface area contributed by atoms with Crippen molar-refractivity contribution in [2.45, 2.75) is 19.4 Å². The summed E-state index contributed by atoms with van der Waals surface area (Å²) in [6.45, 7) is 3.67. The molecule has 0 saturated carbocycles. The normalized spacial score (nSPS) is 11.2. The number of halogens is 1. The summed E-state index contributed by atoms with van der Waals surface area (Å²) < 4.78 is 0.0232. The molecule has 0 fully saturated rings. The predicted molar refractivity (Wildman–Crippen MR) is 81.0 cm³/mol. The molecule has 2 rings (SSSR count). The molecule has 0 aliphatic rings. The van der Waals surface area contributed by atoms with E-state index >= 15 is 0 Å². The molecule has 1 aromatic carbocycles. The van der Waals surface area contributed by atoms with E-state index in [1.165, 1.54) is 0 Å². The van der Waals surface area contributed by atoms with Gasteiger partial charge in [0.05, 0.1) is 5.54 Å². The topological polar surface area (TPSA) is 79.3 Å². The summed E-state index contributed by atoms with van der Waals surface area (Å²) in [5, 5.41) is 11.9. The van der Waals surface area contributed by atoms with Gasteiger partial charge in [0.1, 0.15) is 4.88 Å². The largest absolute Gasteiger partial charge is 0.476 e. The van der Waals surface area contributed by atoms with Crippen LogP contribution in [0.2, 0.25) is 4.47 Å². The highest BCUT2D eigenvalue weighted by Crippen LogP contribution is 2.25. The maximum absolute atomic E-state index is 12.3. The van der Waals surface area contributed by atoms with Crippen molar-refractivity contribution in [2.24, 2.45) is 0 Å². The molecule has 2 aromatic rings. The van der Waals surface area contributed by atoms with Crippen LogP contribution in [0.15, 0.2) is 30.3 Å². The molecule has 0 aliphatic carbocycles. The smallest absolute Gasteiger partial charge is 0.356 e. The summed E-state index contributed by atoms with van der Waals surface area (Å²) in [5.74, 6) is -1.79. The molecule has 1 heterocycles. The SMILES string of the molecule is CC(C)(NC(=O)c1sc(Cl)nc1C(=O)O)c1ccccc1. The second-order valence-electron chi connectivity index (χ2n) is 4.89. The average molecular weight is 325 g/mol. The van der Waals surface area contributed by atoms with Gasteiger partial charge in [0.15, 0.2) is 10.2 Å². The second kappa shape index (κ2) is 5.83. The summed E-state index contributed by atoms with van der Waals surface area (Å²) in [6, 6.07) is 9.40. The Balaban J connectivity index is 2.28. The van der Waals surface area contributed by atoms with Crippen molar-refractivity contribution in [1.29, 1.82) is 0 Å². The van der Waals surface area contributed by atoms with Gasteiger partial charge < -0.3 is 10.4 Å². The lowest BCUT2D eigenvalue weighted by molar-refractivity contribution is 0.0684. The van der Waals surface area contributed by atoms with E-state index in [-0.39, 0.29) is 15.0 Å². The van der Waals surface area contributed by atoms with Crippen LogP contribution in [0, 0.1) is 0 Å². The molecule has 5 nitrogen and oxygen atoms in total. The number of benzene rings is 1. The van der Waals surface area contributed by atoms with E-state index in [0.29, 0.717) is 0 Å². The van der Waals surface area contributed by atoms with Crippen LogP contribution in [-0.2, 0) is 5.54 Å². The third-order valence-corrected chi connectivity index (χ3v) is 4.09. The van der Waals surface area contributed by atoms with Gasteiger partial charge in [0.2, 0.25) is 0 Å². The van der Waals surface area contributed by atoms with Crippen LogP contribution in [0.5, 0.6) is 0 Å². The number of nitrogens with one attached hydrogen (secondary N) is 1. The lowest BCUT2D eigenvalue weighted by Crippen LogP contribution is -2.41. The van der Waals surface area contributed by atoms with E-state index < -0.39 is 17.4 Å². The molecule has 1 aromatic heterocycles. The minimum atomic E-state index is -1.28. The van der Waals surface area contributed by atoms with Gasteiger partial charge in [-0.3, -0.25) is 4.79 Å². The number of rotatable bonds is 4. The van der Waals surface area contributed by atoms with E-state index in [4.69, 9.17) is 16.7 Å². The third-order valence-electron chi connectivity index (χ3n) is 2.93. The van der Waals surface area contributed by atoms with Gasteiger partial charge in [-0.15, -0.1) is 0 Å². The third kappa shape index (κ3) is 3.40. The molecule has 21 heavy (non-hydrogen) atoms. The fourth-order valence-electron chi connectivity index (χ4n) is 1.86. The Morgan fingerprint density at radius 2 is 1.90 bits per heavy atom. The van der Waals surface area contributed by atoms with Gasteiger partial charge in [-0.2, -0.15) is 0 Å². The standard InChI is InChI=1S/C14H13ClN2O3S/c1-14(2,8-6-4-3-5-7-8)17-11(18)10-9(12(19)20)16-13(15)21-10/h3-7H,1-2H3,(H,17,18)(H,19,20). The zero-order valence-electron chi connectivity index (χ0n) is 11.4. The monoisotopic (exact) mass is 324 g/mol. The predicted octanol–water partition coefficient (Wildman–Crippen LogP) is 3.16. The van der Waals surface area contributed by atoms with Crippen LogP contribution in [0.4, 0.5) is 0 Å². The van der Waals surface area contributed by atoms with Gasteiger partial charge >= 0.3 is 5.97 Å². The van der Waals surface area contributed by atoms with Gasteiger partial charge in [-0.05, 0) is 19.4 Å². The summed E-state index contributed by atoms with van der Waals surface area (Å²) in [7, 11) is 0. The van der Waals surface area contributed by atoms with Crippen molar-refractivity contribution < 1.29 is 14.7 Å². The van der Waals surface area contributed by atoms with Crippen molar-refractivity contribution in [2.75, 3.05) is 0 Å². The van der Waals surface area contributed by atoms with Crippen molar-refractivity contribution in [3.8, 4) is 0 Å². The Hall–Kier alpha value is -1.92. The summed E-state index contributed by atoms with van der Waals surface area (Å²) in [5.41, 5.74) is -0.0675. The Morgan fingerprint density at radius 1 is 1.29 bits per heavy atom. The molecule has 0 radical (unpaired) electrons. The highest BCUT2D eigenvalue weighted by molar-refractivity contribution is 7.17. The minimum absolute atomic E-state index is 0.00324. The Labute approximate surface area is 130 Å². The van der Waals surface area contributed by atoms with Gasteiger partial charge in [0.25, 0.3) is 5.91 Å². The summed E-state index contributed by atoms with van der Waals surface area (Å²) in [4.78, 5) is 27.0. The number of aromatic nitrogens is 1. The first-order valence-corrected chi connectivity index (χ1v) is 7.28. The molecule has 0 aliphatic heterocycles. The maximum Gasteiger partial charge on any atom is 0.356 e. The van der Waals surface area contributed by atoms with Crippen LogP contribution < -0.4 is 5.32 Å². The van der Waals surface area contributed by atoms with Gasteiger partial charge in [0, 0.05) is 0 Å². The lowest BCUT2D eigenvalue weighted by atomic mass is 9.94. The molecule has 2 N–H and O–H groups in total. The number of hydrogen-bond acceptors (Lipinski definition) is 4. The van der Waals surface area contributed by atoms with Crippen LogP contribution in [-0.4, -0.2) is 22.0 Å². The molecular formula is C14H13ClN2O3S. The van der Waals surface area contributed by atoms with Crippen LogP contribution in [0.1, 0.15) is 39.6 Å². The molecule has 7 heteroatoms. The van der Waals surface area contributed by atoms with E-state index in [0.717, 1.165) is 16.9 Å². The van der Waals surface area contributed by atoms with Crippen LogP contribution >= 0.6 is 22.9 Å². The summed E-state index contributed by atoms with van der Waals surface area (Å²) >= 11 is 6.55. The number of carbonyl (C=O) groups excluding carboxylic acids is 1. The lowest BCUT2D eigenvalue weighted by Gasteiger charge is -2.26. The molecule has 0 atom stereocenters.